The van der Waals surface area contributed by atoms with Crippen LogP contribution in [0.4, 0.5) is 0 Å². The average molecular weight is 175 g/mol. The highest BCUT2D eigenvalue weighted by Crippen LogP contribution is 2.46. The van der Waals surface area contributed by atoms with Gasteiger partial charge in [-0.3, -0.25) is 0 Å². The minimum atomic E-state index is -3.23. The van der Waals surface area contributed by atoms with E-state index in [1.807, 2.05) is 0 Å². The summed E-state index contributed by atoms with van der Waals surface area (Å²) in [5.41, 5.74) is 0. The molecule has 2 fully saturated rings. The second-order valence-corrected chi connectivity index (χ2v) is 5.59. The Kier molecular flexibility index (Phi) is 1.51. The van der Waals surface area contributed by atoms with Gasteiger partial charge in [-0.25, -0.2) is 13.6 Å². The molecule has 4 heteroatoms. The zero-order valence-electron chi connectivity index (χ0n) is 6.36. The first kappa shape index (κ1) is 7.55. The average Bonchev–Trinajstić information content (AvgIpc) is 2.42. The summed E-state index contributed by atoms with van der Waals surface area (Å²) in [5, 5.41) is 4.89. The lowest BCUT2D eigenvalue weighted by Gasteiger charge is -2.18. The number of fused-ring (bicyclic) bond motifs is 2. The van der Waals surface area contributed by atoms with Crippen molar-refractivity contribution in [1.29, 1.82) is 0 Å². The van der Waals surface area contributed by atoms with Crippen LogP contribution in [0.25, 0.3) is 0 Å². The van der Waals surface area contributed by atoms with Crippen LogP contribution in [0.5, 0.6) is 0 Å². The summed E-state index contributed by atoms with van der Waals surface area (Å²) < 4.78 is 22.0. The number of primary sulfonamides is 1. The van der Waals surface area contributed by atoms with Crippen LogP contribution >= 0.6 is 0 Å². The van der Waals surface area contributed by atoms with Crippen LogP contribution in [-0.4, -0.2) is 13.7 Å². The third-order valence-electron chi connectivity index (χ3n) is 3.10. The molecule has 0 aliphatic heterocycles. The Bertz CT molecular complexity index is 260. The number of nitrogens with two attached hydrogens (primary N) is 1. The van der Waals surface area contributed by atoms with Gasteiger partial charge in [-0.15, -0.1) is 0 Å². The molecule has 2 rings (SSSR count). The molecule has 0 radical (unpaired) electrons. The Morgan fingerprint density at radius 3 is 2.18 bits per heavy atom. The molecule has 0 aromatic rings. The molecular weight excluding hydrogens is 162 g/mol. The molecule has 0 aromatic carbocycles. The molecule has 0 saturated heterocycles. The molecular formula is C7H13NO2S. The van der Waals surface area contributed by atoms with Gasteiger partial charge in [0, 0.05) is 0 Å². The van der Waals surface area contributed by atoms with Crippen LogP contribution in [0.15, 0.2) is 0 Å². The second-order valence-electron chi connectivity index (χ2n) is 3.80. The van der Waals surface area contributed by atoms with Gasteiger partial charge < -0.3 is 0 Å². The van der Waals surface area contributed by atoms with E-state index in [0.717, 1.165) is 19.3 Å². The standard InChI is InChI=1S/C7H13NO2S/c8-11(9,10)7-4-5-1-2-6(7)3-5/h5-7H,1-4H2,(H2,8,9,10)/t5-,6-,7-/m0/s1. The first-order chi connectivity index (χ1) is 5.07. The molecule has 2 aliphatic carbocycles. The van der Waals surface area contributed by atoms with Gasteiger partial charge in [0.05, 0.1) is 5.25 Å². The molecule has 2 aliphatic rings. The summed E-state index contributed by atoms with van der Waals surface area (Å²) in [4.78, 5) is 0. The lowest BCUT2D eigenvalue weighted by molar-refractivity contribution is 0.465. The Balaban J connectivity index is 2.21. The zero-order valence-corrected chi connectivity index (χ0v) is 7.18. The van der Waals surface area contributed by atoms with Gasteiger partial charge in [0.1, 0.15) is 0 Å². The highest BCUT2D eigenvalue weighted by Gasteiger charge is 2.44. The number of hydrogen-bond acceptors (Lipinski definition) is 2. The predicted octanol–water partition coefficient (Wildman–Crippen LogP) is 0.464. The van der Waals surface area contributed by atoms with Gasteiger partial charge >= 0.3 is 0 Å². The van der Waals surface area contributed by atoms with Crippen molar-refractivity contribution in [3.05, 3.63) is 0 Å². The predicted molar refractivity (Wildman–Crippen MR) is 42.3 cm³/mol. The quantitative estimate of drug-likeness (QED) is 0.629. The minimum absolute atomic E-state index is 0.207. The molecule has 0 unspecified atom stereocenters. The molecule has 0 amide bonds. The van der Waals surface area contributed by atoms with Gasteiger partial charge in [-0.2, -0.15) is 0 Å². The number of rotatable bonds is 1. The van der Waals surface area contributed by atoms with Crippen molar-refractivity contribution in [2.24, 2.45) is 17.0 Å². The van der Waals surface area contributed by atoms with Crippen molar-refractivity contribution in [2.45, 2.75) is 30.9 Å². The summed E-state index contributed by atoms with van der Waals surface area (Å²) in [6, 6.07) is 0. The van der Waals surface area contributed by atoms with E-state index < -0.39 is 10.0 Å². The second kappa shape index (κ2) is 2.20. The van der Waals surface area contributed by atoms with Crippen LogP contribution in [0.3, 0.4) is 0 Å². The normalized spacial score (nSPS) is 43.2. The Labute approximate surface area is 67.0 Å². The summed E-state index contributed by atoms with van der Waals surface area (Å²) in [6.07, 6.45) is 4.22. The van der Waals surface area contributed by atoms with Crippen molar-refractivity contribution < 1.29 is 8.42 Å². The first-order valence-electron chi connectivity index (χ1n) is 4.09. The number of hydrogen-bond donors (Lipinski definition) is 1. The van der Waals surface area contributed by atoms with Gasteiger partial charge in [-0.1, -0.05) is 6.42 Å². The molecule has 2 saturated carbocycles. The fraction of sp³-hybridized carbons (Fsp3) is 1.00. The molecule has 64 valence electrons. The number of sulfonamides is 1. The van der Waals surface area contributed by atoms with E-state index in [2.05, 4.69) is 0 Å². The van der Waals surface area contributed by atoms with Crippen LogP contribution in [0.2, 0.25) is 0 Å². The summed E-state index contributed by atoms with van der Waals surface area (Å²) >= 11 is 0. The topological polar surface area (TPSA) is 60.2 Å². The van der Waals surface area contributed by atoms with Gasteiger partial charge in [0.15, 0.2) is 0 Å². The smallest absolute Gasteiger partial charge is 0.212 e. The molecule has 2 bridgehead atoms. The molecule has 11 heavy (non-hydrogen) atoms. The minimum Gasteiger partial charge on any atom is -0.228 e. The molecule has 2 N–H and O–H groups in total. The molecule has 0 spiro atoms. The SMILES string of the molecule is NS(=O)(=O)[C@H]1C[C@H]2CC[C@H]1C2. The van der Waals surface area contributed by atoms with Gasteiger partial charge in [0.25, 0.3) is 0 Å². The summed E-state index contributed by atoms with van der Waals surface area (Å²) in [6.45, 7) is 0. The van der Waals surface area contributed by atoms with E-state index in [0.29, 0.717) is 11.8 Å². The van der Waals surface area contributed by atoms with E-state index in [-0.39, 0.29) is 5.25 Å². The van der Waals surface area contributed by atoms with Gasteiger partial charge in [-0.05, 0) is 31.1 Å². The van der Waals surface area contributed by atoms with Crippen LogP contribution in [0, 0.1) is 11.8 Å². The summed E-state index contributed by atoms with van der Waals surface area (Å²) in [7, 11) is -3.23. The maximum Gasteiger partial charge on any atom is 0.212 e. The maximum absolute atomic E-state index is 11.0. The van der Waals surface area contributed by atoms with Crippen molar-refractivity contribution in [3.63, 3.8) is 0 Å². The first-order valence-corrected chi connectivity index (χ1v) is 5.70. The molecule has 0 aromatic heterocycles. The Hall–Kier alpha value is -0.0900. The third-order valence-corrected chi connectivity index (χ3v) is 4.52. The molecule has 0 heterocycles. The van der Waals surface area contributed by atoms with Crippen molar-refractivity contribution in [1.82, 2.24) is 0 Å². The van der Waals surface area contributed by atoms with E-state index in [9.17, 15) is 8.42 Å². The van der Waals surface area contributed by atoms with Crippen molar-refractivity contribution in [3.8, 4) is 0 Å². The fourth-order valence-corrected chi connectivity index (χ4v) is 3.91. The highest BCUT2D eigenvalue weighted by molar-refractivity contribution is 7.89. The van der Waals surface area contributed by atoms with E-state index in [1.165, 1.54) is 6.42 Å². The Morgan fingerprint density at radius 1 is 1.18 bits per heavy atom. The van der Waals surface area contributed by atoms with Crippen molar-refractivity contribution in [2.75, 3.05) is 0 Å². The maximum atomic E-state index is 11.0. The van der Waals surface area contributed by atoms with Crippen molar-refractivity contribution >= 4 is 10.0 Å². The highest BCUT2D eigenvalue weighted by atomic mass is 32.2. The van der Waals surface area contributed by atoms with Crippen LogP contribution in [0.1, 0.15) is 25.7 Å². The lowest BCUT2D eigenvalue weighted by Crippen LogP contribution is -2.32. The zero-order chi connectivity index (χ0) is 8.06. The largest absolute Gasteiger partial charge is 0.228 e. The summed E-state index contributed by atoms with van der Waals surface area (Å²) in [5.74, 6) is 1.04. The third kappa shape index (κ3) is 1.18. The van der Waals surface area contributed by atoms with Gasteiger partial charge in [0.2, 0.25) is 10.0 Å². The van der Waals surface area contributed by atoms with E-state index in [4.69, 9.17) is 5.14 Å². The monoisotopic (exact) mass is 175 g/mol. The Morgan fingerprint density at radius 2 is 1.91 bits per heavy atom. The van der Waals surface area contributed by atoms with E-state index in [1.54, 1.807) is 0 Å². The molecule has 3 atom stereocenters. The fourth-order valence-electron chi connectivity index (χ4n) is 2.59. The lowest BCUT2D eigenvalue weighted by atomic mass is 10.0. The van der Waals surface area contributed by atoms with Crippen LogP contribution < -0.4 is 5.14 Å². The van der Waals surface area contributed by atoms with Crippen LogP contribution in [-0.2, 0) is 10.0 Å². The molecule has 3 nitrogen and oxygen atoms in total. The van der Waals surface area contributed by atoms with E-state index >= 15 is 0 Å².